The van der Waals surface area contributed by atoms with Crippen LogP contribution in [0.3, 0.4) is 0 Å². The monoisotopic (exact) mass is 161 g/mol. The molecule has 0 saturated carbocycles. The lowest BCUT2D eigenvalue weighted by molar-refractivity contribution is -0.610. The quantitative estimate of drug-likeness (QED) is 0.414. The van der Waals surface area contributed by atoms with E-state index in [9.17, 15) is 0 Å². The molecule has 1 aliphatic heterocycles. The van der Waals surface area contributed by atoms with E-state index >= 15 is 0 Å². The van der Waals surface area contributed by atoms with Crippen molar-refractivity contribution in [2.75, 3.05) is 11.6 Å². The number of hydrogen-bond donors (Lipinski definition) is 2. The van der Waals surface area contributed by atoms with Crippen LogP contribution in [0.25, 0.3) is 11.4 Å². The van der Waals surface area contributed by atoms with Gasteiger partial charge in [-0.3, -0.25) is 11.6 Å². The average molecular weight is 161 g/mol. The van der Waals surface area contributed by atoms with E-state index in [2.05, 4.69) is 4.98 Å². The lowest BCUT2D eigenvalue weighted by Gasteiger charge is -1.87. The Morgan fingerprint density at radius 3 is 2.75 bits per heavy atom. The highest BCUT2D eigenvalue weighted by molar-refractivity contribution is 5.53. The summed E-state index contributed by atoms with van der Waals surface area (Å²) in [5.41, 5.74) is 7.16. The van der Waals surface area contributed by atoms with Crippen molar-refractivity contribution in [1.29, 1.82) is 0 Å². The second-order valence-electron chi connectivity index (χ2n) is 2.52. The van der Waals surface area contributed by atoms with Crippen molar-refractivity contribution >= 4 is 5.95 Å². The van der Waals surface area contributed by atoms with E-state index in [1.807, 2.05) is 30.3 Å². The first-order valence-corrected chi connectivity index (χ1v) is 3.60. The number of nitrogens with two attached hydrogens (primary N) is 2. The minimum Gasteiger partial charge on any atom is -0.289 e. The number of nitrogens with zero attached hydrogens (tertiary/aromatic N) is 2. The number of imidazole rings is 1. The maximum atomic E-state index is 5.62. The topological polar surface area (TPSA) is 68.8 Å². The normalized spacial score (nSPS) is 10.3. The van der Waals surface area contributed by atoms with E-state index < -0.39 is 0 Å². The molecule has 0 aromatic rings. The van der Waals surface area contributed by atoms with Gasteiger partial charge in [0.05, 0.1) is 0 Å². The van der Waals surface area contributed by atoms with Crippen molar-refractivity contribution in [2.24, 2.45) is 0 Å². The summed E-state index contributed by atoms with van der Waals surface area (Å²) in [6.07, 6.45) is 0. The Labute approximate surface area is 69.8 Å². The number of rotatable bonds is 0. The molecule has 0 aromatic heterocycles. The molecule has 1 heterocycles. The van der Waals surface area contributed by atoms with Gasteiger partial charge in [0.15, 0.2) is 11.4 Å². The van der Waals surface area contributed by atoms with Gasteiger partial charge in [-0.25, -0.2) is 0 Å². The molecule has 0 saturated heterocycles. The fourth-order valence-corrected chi connectivity index (χ4v) is 1.13. The number of anilines is 1. The standard InChI is InChI=1S/C8H8N4/c9-8-11-6-4-2-1-3-5-7(6)12(8)10/h1-5,9H,10H2/p+1. The van der Waals surface area contributed by atoms with Crippen LogP contribution in [0.4, 0.5) is 5.95 Å². The van der Waals surface area contributed by atoms with Crippen molar-refractivity contribution in [1.82, 2.24) is 4.98 Å². The number of aromatic nitrogens is 2. The SMILES string of the molecule is Nc1nc2cccccc-2[n+]1N. The summed E-state index contributed by atoms with van der Waals surface area (Å²) < 4.78 is 1.37. The van der Waals surface area contributed by atoms with Crippen molar-refractivity contribution in [2.45, 2.75) is 0 Å². The fourth-order valence-electron chi connectivity index (χ4n) is 1.13. The maximum absolute atomic E-state index is 5.62. The van der Waals surface area contributed by atoms with Crippen molar-refractivity contribution < 1.29 is 4.68 Å². The van der Waals surface area contributed by atoms with Gasteiger partial charge in [-0.1, -0.05) is 23.2 Å². The Morgan fingerprint density at radius 2 is 1.92 bits per heavy atom. The molecular weight excluding hydrogens is 152 g/mol. The van der Waals surface area contributed by atoms with Gasteiger partial charge in [0.2, 0.25) is 0 Å². The first kappa shape index (κ1) is 6.84. The van der Waals surface area contributed by atoms with E-state index in [0.717, 1.165) is 11.4 Å². The molecule has 2 rings (SSSR count). The molecule has 0 atom stereocenters. The molecule has 0 radical (unpaired) electrons. The third kappa shape index (κ3) is 0.852. The molecule has 0 spiro atoms. The predicted molar refractivity (Wildman–Crippen MR) is 45.6 cm³/mol. The van der Waals surface area contributed by atoms with Crippen LogP contribution in [0.2, 0.25) is 0 Å². The van der Waals surface area contributed by atoms with E-state index in [-0.39, 0.29) is 0 Å². The zero-order valence-electron chi connectivity index (χ0n) is 6.44. The smallest absolute Gasteiger partial charge is 0.289 e. The molecule has 1 aliphatic carbocycles. The van der Waals surface area contributed by atoms with Crippen LogP contribution < -0.4 is 16.3 Å². The molecule has 60 valence electrons. The van der Waals surface area contributed by atoms with Gasteiger partial charge < -0.3 is 0 Å². The Bertz CT molecular complexity index is 385. The second kappa shape index (κ2) is 2.34. The van der Waals surface area contributed by atoms with E-state index in [0.29, 0.717) is 5.95 Å². The largest absolute Gasteiger partial charge is 0.412 e. The summed E-state index contributed by atoms with van der Waals surface area (Å²) in [5, 5.41) is 0. The third-order valence-corrected chi connectivity index (χ3v) is 1.73. The van der Waals surface area contributed by atoms with Gasteiger partial charge in [-0.05, 0) is 12.1 Å². The first-order chi connectivity index (χ1) is 5.79. The highest BCUT2D eigenvalue weighted by atomic mass is 15.4. The van der Waals surface area contributed by atoms with Gasteiger partial charge >= 0.3 is 5.95 Å². The van der Waals surface area contributed by atoms with Crippen LogP contribution in [0, 0.1) is 0 Å². The Hall–Kier alpha value is -1.84. The molecule has 0 fully saturated rings. The summed E-state index contributed by atoms with van der Waals surface area (Å²) in [6, 6.07) is 9.45. The molecule has 12 heavy (non-hydrogen) atoms. The summed E-state index contributed by atoms with van der Waals surface area (Å²) in [7, 11) is 0. The Balaban J connectivity index is 2.79. The maximum Gasteiger partial charge on any atom is 0.412 e. The minimum absolute atomic E-state index is 0.330. The Morgan fingerprint density at radius 1 is 1.17 bits per heavy atom. The van der Waals surface area contributed by atoms with Crippen LogP contribution in [0.1, 0.15) is 0 Å². The molecule has 4 N–H and O–H groups in total. The summed E-state index contributed by atoms with van der Waals surface area (Å²) in [5.74, 6) is 5.95. The van der Waals surface area contributed by atoms with E-state index in [4.69, 9.17) is 11.6 Å². The van der Waals surface area contributed by atoms with Crippen molar-refractivity contribution in [3.05, 3.63) is 30.3 Å². The third-order valence-electron chi connectivity index (χ3n) is 1.73. The summed E-state index contributed by atoms with van der Waals surface area (Å²) in [4.78, 5) is 4.07. The zero-order chi connectivity index (χ0) is 8.55. The van der Waals surface area contributed by atoms with Crippen LogP contribution in [0.15, 0.2) is 30.3 Å². The van der Waals surface area contributed by atoms with Gasteiger partial charge in [0.1, 0.15) is 0 Å². The molecule has 4 heteroatoms. The molecule has 0 aromatic carbocycles. The number of nitrogen functional groups attached to an aromatic ring is 2. The lowest BCUT2D eigenvalue weighted by Crippen LogP contribution is -2.46. The van der Waals surface area contributed by atoms with Crippen molar-refractivity contribution in [3.63, 3.8) is 0 Å². The second-order valence-corrected chi connectivity index (χ2v) is 2.52. The van der Waals surface area contributed by atoms with Gasteiger partial charge in [0, 0.05) is 0 Å². The van der Waals surface area contributed by atoms with Crippen LogP contribution in [-0.2, 0) is 0 Å². The van der Waals surface area contributed by atoms with Gasteiger partial charge in [0.25, 0.3) is 0 Å². The average Bonchev–Trinajstić information content (AvgIpc) is 2.30. The van der Waals surface area contributed by atoms with Gasteiger partial charge in [-0.15, -0.1) is 4.68 Å². The zero-order valence-corrected chi connectivity index (χ0v) is 6.44. The van der Waals surface area contributed by atoms with Gasteiger partial charge in [-0.2, -0.15) is 0 Å². The molecule has 2 aliphatic rings. The highest BCUT2D eigenvalue weighted by Crippen LogP contribution is 2.13. The number of fused-ring (bicyclic) bond motifs is 1. The predicted octanol–water partition coefficient (Wildman–Crippen LogP) is -0.230. The minimum atomic E-state index is 0.330. The van der Waals surface area contributed by atoms with Crippen molar-refractivity contribution in [3.8, 4) is 11.4 Å². The molecule has 0 bridgehead atoms. The number of hydrogen-bond acceptors (Lipinski definition) is 3. The van der Waals surface area contributed by atoms with Crippen LogP contribution in [-0.4, -0.2) is 4.98 Å². The fraction of sp³-hybridized carbons (Fsp3) is 0. The molecule has 4 nitrogen and oxygen atoms in total. The van der Waals surface area contributed by atoms with E-state index in [1.54, 1.807) is 0 Å². The molecule has 0 unspecified atom stereocenters. The van der Waals surface area contributed by atoms with E-state index in [1.165, 1.54) is 4.68 Å². The van der Waals surface area contributed by atoms with Crippen LogP contribution >= 0.6 is 0 Å². The summed E-state index contributed by atoms with van der Waals surface area (Å²) in [6.45, 7) is 0. The Kier molecular flexibility index (Phi) is 1.33. The van der Waals surface area contributed by atoms with Crippen LogP contribution in [0.5, 0.6) is 0 Å². The molecule has 0 amide bonds. The lowest BCUT2D eigenvalue weighted by atomic mass is 10.3. The molecular formula is C8H9N4+. The first-order valence-electron chi connectivity index (χ1n) is 3.60. The summed E-state index contributed by atoms with van der Waals surface area (Å²) >= 11 is 0. The highest BCUT2D eigenvalue weighted by Gasteiger charge is 2.18.